The van der Waals surface area contributed by atoms with Crippen LogP contribution in [0, 0.1) is 0 Å². The van der Waals surface area contributed by atoms with E-state index in [0.717, 1.165) is 70.6 Å². The summed E-state index contributed by atoms with van der Waals surface area (Å²) < 4.78 is 11.0. The van der Waals surface area contributed by atoms with E-state index >= 15 is 0 Å². The number of carbonyl (C=O) groups excluding carboxylic acids is 2. The number of esters is 2. The topological polar surface area (TPSA) is 52.6 Å². The Morgan fingerprint density at radius 3 is 1.68 bits per heavy atom. The van der Waals surface area contributed by atoms with Crippen LogP contribution in [-0.4, -0.2) is 25.2 Å². The van der Waals surface area contributed by atoms with E-state index < -0.39 is 0 Å². The van der Waals surface area contributed by atoms with Crippen LogP contribution in [0.25, 0.3) is 0 Å². The molecule has 0 spiro atoms. The van der Waals surface area contributed by atoms with Crippen molar-refractivity contribution >= 4 is 11.9 Å². The number of carbonyl (C=O) groups is 2. The molecule has 0 aliphatic carbocycles. The summed E-state index contributed by atoms with van der Waals surface area (Å²) in [6, 6.07) is 0. The molecule has 0 heterocycles. The normalized spacial score (nSPS) is 12.4. The van der Waals surface area contributed by atoms with Gasteiger partial charge in [0.2, 0.25) is 0 Å². The second kappa shape index (κ2) is 27.1. The molecule has 0 unspecified atom stereocenters. The molecule has 0 bridgehead atoms. The average molecular weight is 559 g/mol. The molecule has 0 aromatic heterocycles. The van der Waals surface area contributed by atoms with Crippen molar-refractivity contribution in [3.05, 3.63) is 46.6 Å². The highest BCUT2D eigenvalue weighted by Crippen LogP contribution is 2.16. The summed E-state index contributed by atoms with van der Waals surface area (Å²) in [5, 5.41) is 0. The van der Waals surface area contributed by atoms with Gasteiger partial charge in [-0.05, 0) is 90.7 Å². The largest absolute Gasteiger partial charge is 0.461 e. The summed E-state index contributed by atoms with van der Waals surface area (Å²) in [6.45, 7) is 13.7. The Bertz CT molecular complexity index is 781. The van der Waals surface area contributed by atoms with Gasteiger partial charge in [-0.1, -0.05) is 100 Å². The van der Waals surface area contributed by atoms with Crippen LogP contribution in [0.2, 0.25) is 0 Å². The smallest absolute Gasteiger partial charge is 0.306 e. The second-order valence-electron chi connectivity index (χ2n) is 11.5. The predicted molar refractivity (Wildman–Crippen MR) is 171 cm³/mol. The van der Waals surface area contributed by atoms with E-state index in [2.05, 4.69) is 59.8 Å². The van der Waals surface area contributed by atoms with Crippen molar-refractivity contribution in [2.24, 2.45) is 0 Å². The van der Waals surface area contributed by atoms with Crippen molar-refractivity contribution in [1.29, 1.82) is 0 Å². The lowest BCUT2D eigenvalue weighted by atomic mass is 10.0. The Morgan fingerprint density at radius 1 is 0.525 bits per heavy atom. The van der Waals surface area contributed by atoms with Crippen LogP contribution in [0.1, 0.15) is 157 Å². The standard InChI is InChI=1S/C36H62O4/c1-7-9-11-12-13-14-16-27-36(38)40-30-34(24-18-22-32(5)21-17-20-31(3)4)25-19-23-33(6)28-29-39-35(37)26-15-10-8-2/h20,22,25,28H,7-19,21,23-24,26-27,29-30H2,1-6H3/b32-22+,33-28+,34-25-. The molecule has 0 aromatic carbocycles. The molecule has 4 nitrogen and oxygen atoms in total. The minimum absolute atomic E-state index is 0.0790. The van der Waals surface area contributed by atoms with Gasteiger partial charge in [0.15, 0.2) is 0 Å². The van der Waals surface area contributed by atoms with E-state index in [4.69, 9.17) is 9.47 Å². The molecule has 0 atom stereocenters. The third kappa shape index (κ3) is 26.1. The molecule has 0 saturated heterocycles. The van der Waals surface area contributed by atoms with Gasteiger partial charge < -0.3 is 9.47 Å². The lowest BCUT2D eigenvalue weighted by molar-refractivity contribution is -0.143. The summed E-state index contributed by atoms with van der Waals surface area (Å²) in [6.07, 6.45) is 27.2. The SMILES string of the molecule is CCCCCCCCCC(=O)OC/C(=C\CC/C(C)=C/COC(=O)CCCCC)CC/C=C(\C)CCC=C(C)C. The summed E-state index contributed by atoms with van der Waals surface area (Å²) in [7, 11) is 0. The Kier molecular flexibility index (Phi) is 25.7. The first-order valence-corrected chi connectivity index (χ1v) is 16.2. The number of unbranched alkanes of at least 4 members (excludes halogenated alkanes) is 8. The average Bonchev–Trinajstić information content (AvgIpc) is 2.90. The highest BCUT2D eigenvalue weighted by atomic mass is 16.5. The monoisotopic (exact) mass is 558 g/mol. The van der Waals surface area contributed by atoms with E-state index in [-0.39, 0.29) is 11.9 Å². The van der Waals surface area contributed by atoms with Crippen molar-refractivity contribution in [3.8, 4) is 0 Å². The van der Waals surface area contributed by atoms with Gasteiger partial charge in [0, 0.05) is 12.8 Å². The van der Waals surface area contributed by atoms with Gasteiger partial charge in [0.05, 0.1) is 0 Å². The van der Waals surface area contributed by atoms with Crippen LogP contribution >= 0.6 is 0 Å². The molecule has 40 heavy (non-hydrogen) atoms. The Labute approximate surface area is 247 Å². The molecule has 0 aliphatic heterocycles. The molecule has 230 valence electrons. The summed E-state index contributed by atoms with van der Waals surface area (Å²) >= 11 is 0. The van der Waals surface area contributed by atoms with Gasteiger partial charge in [0.25, 0.3) is 0 Å². The molecule has 0 aliphatic rings. The van der Waals surface area contributed by atoms with Crippen LogP contribution in [0.4, 0.5) is 0 Å². The summed E-state index contributed by atoms with van der Waals surface area (Å²) in [5.41, 5.74) is 5.18. The van der Waals surface area contributed by atoms with Gasteiger partial charge in [-0.2, -0.15) is 0 Å². The van der Waals surface area contributed by atoms with Gasteiger partial charge in [0.1, 0.15) is 13.2 Å². The van der Waals surface area contributed by atoms with Crippen LogP contribution in [0.3, 0.4) is 0 Å². The van der Waals surface area contributed by atoms with E-state index in [1.54, 1.807) is 0 Å². The van der Waals surface area contributed by atoms with Gasteiger partial charge in [-0.3, -0.25) is 9.59 Å². The summed E-state index contributed by atoms with van der Waals surface area (Å²) in [5.74, 6) is -0.188. The number of allylic oxidation sites excluding steroid dienone is 6. The van der Waals surface area contributed by atoms with Gasteiger partial charge >= 0.3 is 11.9 Å². The maximum absolute atomic E-state index is 12.4. The van der Waals surface area contributed by atoms with Crippen molar-refractivity contribution < 1.29 is 19.1 Å². The maximum atomic E-state index is 12.4. The summed E-state index contributed by atoms with van der Waals surface area (Å²) in [4.78, 5) is 24.2. The second-order valence-corrected chi connectivity index (χ2v) is 11.5. The molecule has 0 fully saturated rings. The Morgan fingerprint density at radius 2 is 1.02 bits per heavy atom. The molecule has 0 N–H and O–H groups in total. The highest BCUT2D eigenvalue weighted by Gasteiger charge is 2.06. The van der Waals surface area contributed by atoms with E-state index in [1.165, 1.54) is 54.4 Å². The van der Waals surface area contributed by atoms with E-state index in [9.17, 15) is 9.59 Å². The minimum Gasteiger partial charge on any atom is -0.461 e. The number of rotatable bonds is 25. The number of hydrogen-bond acceptors (Lipinski definition) is 4. The molecule has 0 amide bonds. The number of hydrogen-bond donors (Lipinski definition) is 0. The zero-order valence-corrected chi connectivity index (χ0v) is 27.1. The van der Waals surface area contributed by atoms with Crippen LogP contribution in [0.5, 0.6) is 0 Å². The molecule has 0 aromatic rings. The fourth-order valence-corrected chi connectivity index (χ4v) is 4.37. The van der Waals surface area contributed by atoms with E-state index in [0.29, 0.717) is 26.1 Å². The quantitative estimate of drug-likeness (QED) is 0.0635. The number of ether oxygens (including phenoxy) is 2. The lowest BCUT2D eigenvalue weighted by Crippen LogP contribution is -2.07. The van der Waals surface area contributed by atoms with Crippen LogP contribution in [-0.2, 0) is 19.1 Å². The first-order valence-electron chi connectivity index (χ1n) is 16.2. The molecule has 4 heteroatoms. The van der Waals surface area contributed by atoms with Gasteiger partial charge in [-0.15, -0.1) is 0 Å². The third-order valence-electron chi connectivity index (χ3n) is 7.08. The Balaban J connectivity index is 4.71. The highest BCUT2D eigenvalue weighted by molar-refractivity contribution is 5.69. The first-order chi connectivity index (χ1) is 19.3. The fourth-order valence-electron chi connectivity index (χ4n) is 4.37. The van der Waals surface area contributed by atoms with Crippen molar-refractivity contribution in [2.75, 3.05) is 13.2 Å². The van der Waals surface area contributed by atoms with Crippen molar-refractivity contribution in [3.63, 3.8) is 0 Å². The minimum atomic E-state index is -0.109. The van der Waals surface area contributed by atoms with Crippen LogP contribution < -0.4 is 0 Å². The molecule has 0 radical (unpaired) electrons. The lowest BCUT2D eigenvalue weighted by Gasteiger charge is -2.10. The van der Waals surface area contributed by atoms with Gasteiger partial charge in [-0.25, -0.2) is 0 Å². The van der Waals surface area contributed by atoms with E-state index in [1.807, 2.05) is 6.08 Å². The third-order valence-corrected chi connectivity index (χ3v) is 7.08. The Hall–Kier alpha value is -2.10. The van der Waals surface area contributed by atoms with Crippen LogP contribution in [0.15, 0.2) is 46.6 Å². The molecule has 0 rings (SSSR count). The zero-order chi connectivity index (χ0) is 29.8. The molecule has 0 saturated carbocycles. The zero-order valence-electron chi connectivity index (χ0n) is 27.1. The fraction of sp³-hybridized carbons (Fsp3) is 0.722. The maximum Gasteiger partial charge on any atom is 0.306 e. The molecular formula is C36H62O4. The predicted octanol–water partition coefficient (Wildman–Crippen LogP) is 10.9. The van der Waals surface area contributed by atoms with Crippen molar-refractivity contribution in [2.45, 2.75) is 157 Å². The van der Waals surface area contributed by atoms with Crippen molar-refractivity contribution in [1.82, 2.24) is 0 Å². The molecular weight excluding hydrogens is 496 g/mol. The first kappa shape index (κ1) is 37.9.